The van der Waals surface area contributed by atoms with E-state index >= 15 is 0 Å². The molecule has 8 nitrogen and oxygen atoms in total. The van der Waals surface area contributed by atoms with Gasteiger partial charge < -0.3 is 14.8 Å². The summed E-state index contributed by atoms with van der Waals surface area (Å²) in [7, 11) is 1.30. The van der Waals surface area contributed by atoms with Crippen LogP contribution >= 0.6 is 11.3 Å². The molecule has 1 heterocycles. The van der Waals surface area contributed by atoms with Gasteiger partial charge in [-0.15, -0.1) is 11.3 Å². The zero-order valence-corrected chi connectivity index (χ0v) is 15.2. The largest absolute Gasteiger partial charge is 0.494 e. The second-order valence-electron chi connectivity index (χ2n) is 5.56. The van der Waals surface area contributed by atoms with Crippen LogP contribution in [0.5, 0.6) is 5.75 Å². The first-order chi connectivity index (χ1) is 13.4. The molecule has 1 aromatic heterocycles. The monoisotopic (exact) mass is 404 g/mol. The molecule has 0 fully saturated rings. The zero-order valence-electron chi connectivity index (χ0n) is 14.4. The van der Waals surface area contributed by atoms with Crippen LogP contribution in [-0.4, -0.2) is 30.5 Å². The molecule has 3 aromatic rings. The Morgan fingerprint density at radius 2 is 2.00 bits per heavy atom. The van der Waals surface area contributed by atoms with E-state index in [4.69, 9.17) is 9.47 Å². The number of anilines is 1. The van der Waals surface area contributed by atoms with Gasteiger partial charge in [0.05, 0.1) is 23.8 Å². The van der Waals surface area contributed by atoms with Crippen LogP contribution < -0.4 is 10.1 Å². The number of methoxy groups -OCH3 is 1. The molecule has 144 valence electrons. The molecule has 0 aliphatic heterocycles. The number of halogens is 1. The number of carbonyl (C=O) groups excluding carboxylic acids is 2. The lowest BCUT2D eigenvalue weighted by molar-refractivity contribution is -0.384. The minimum absolute atomic E-state index is 0.0976. The maximum Gasteiger partial charge on any atom is 0.348 e. The summed E-state index contributed by atoms with van der Waals surface area (Å²) in [6.07, 6.45) is 0. The highest BCUT2D eigenvalue weighted by atomic mass is 32.1. The standard InChI is InChI=1S/C18H13FN2O6S/c1-26-14-8-12(21(24)25)3-4-13(14)20-17(22)9-27-18(23)16-7-10-6-11(19)2-5-15(10)28-16/h2-8H,9H2,1H3,(H,20,22). The van der Waals surface area contributed by atoms with Crippen LogP contribution in [0, 0.1) is 15.9 Å². The molecule has 0 bridgehead atoms. The van der Waals surface area contributed by atoms with Crippen molar-refractivity contribution in [3.05, 3.63) is 63.3 Å². The number of fused-ring (bicyclic) bond motifs is 1. The highest BCUT2D eigenvalue weighted by Gasteiger charge is 2.16. The second kappa shape index (κ2) is 8.01. The first-order valence-corrected chi connectivity index (χ1v) is 8.67. The number of benzene rings is 2. The fraction of sp³-hybridized carbons (Fsp3) is 0.111. The molecule has 0 saturated heterocycles. The molecule has 1 N–H and O–H groups in total. The Morgan fingerprint density at radius 1 is 1.21 bits per heavy atom. The van der Waals surface area contributed by atoms with E-state index in [1.807, 2.05) is 0 Å². The van der Waals surface area contributed by atoms with Gasteiger partial charge in [-0.05, 0) is 35.7 Å². The van der Waals surface area contributed by atoms with Crippen molar-refractivity contribution in [1.29, 1.82) is 0 Å². The number of esters is 1. The van der Waals surface area contributed by atoms with Crippen LogP contribution in [0.4, 0.5) is 15.8 Å². The van der Waals surface area contributed by atoms with E-state index in [-0.39, 0.29) is 22.0 Å². The van der Waals surface area contributed by atoms with Gasteiger partial charge in [-0.2, -0.15) is 0 Å². The Balaban J connectivity index is 1.63. The Hall–Kier alpha value is -3.53. The van der Waals surface area contributed by atoms with Gasteiger partial charge >= 0.3 is 5.97 Å². The average Bonchev–Trinajstić information content (AvgIpc) is 3.09. The van der Waals surface area contributed by atoms with Crippen molar-refractivity contribution < 1.29 is 28.4 Å². The molecular weight excluding hydrogens is 391 g/mol. The predicted octanol–water partition coefficient (Wildman–Crippen LogP) is 3.75. The van der Waals surface area contributed by atoms with Crippen molar-refractivity contribution in [2.75, 3.05) is 19.0 Å². The average molecular weight is 404 g/mol. The number of nitro benzene ring substituents is 1. The third-order valence-corrected chi connectivity index (χ3v) is 4.78. The number of nitro groups is 1. The number of nitrogens with one attached hydrogen (secondary N) is 1. The number of thiophene rings is 1. The number of non-ortho nitro benzene ring substituents is 1. The van der Waals surface area contributed by atoms with Crippen molar-refractivity contribution in [3.8, 4) is 5.75 Å². The van der Waals surface area contributed by atoms with Crippen molar-refractivity contribution >= 4 is 44.7 Å². The van der Waals surface area contributed by atoms with Crippen molar-refractivity contribution in [2.45, 2.75) is 0 Å². The molecule has 28 heavy (non-hydrogen) atoms. The fourth-order valence-corrected chi connectivity index (χ4v) is 3.34. The van der Waals surface area contributed by atoms with Crippen LogP contribution in [0.15, 0.2) is 42.5 Å². The van der Waals surface area contributed by atoms with Crippen LogP contribution in [0.25, 0.3) is 10.1 Å². The van der Waals surface area contributed by atoms with Gasteiger partial charge in [0, 0.05) is 10.8 Å². The number of rotatable bonds is 6. The molecule has 3 rings (SSSR count). The molecule has 0 atom stereocenters. The maximum absolute atomic E-state index is 13.2. The van der Waals surface area contributed by atoms with Crippen LogP contribution in [0.2, 0.25) is 0 Å². The van der Waals surface area contributed by atoms with E-state index in [0.29, 0.717) is 10.1 Å². The van der Waals surface area contributed by atoms with Gasteiger partial charge in [0.1, 0.15) is 16.4 Å². The zero-order chi connectivity index (χ0) is 20.3. The number of amides is 1. The third kappa shape index (κ3) is 4.23. The third-order valence-electron chi connectivity index (χ3n) is 3.68. The van der Waals surface area contributed by atoms with Gasteiger partial charge in [-0.3, -0.25) is 14.9 Å². The van der Waals surface area contributed by atoms with E-state index in [0.717, 1.165) is 17.4 Å². The fourth-order valence-electron chi connectivity index (χ4n) is 2.40. The van der Waals surface area contributed by atoms with Gasteiger partial charge in [-0.25, -0.2) is 9.18 Å². The summed E-state index contributed by atoms with van der Waals surface area (Å²) >= 11 is 1.12. The van der Waals surface area contributed by atoms with Gasteiger partial charge in [0.25, 0.3) is 11.6 Å². The van der Waals surface area contributed by atoms with Crippen molar-refractivity contribution in [3.63, 3.8) is 0 Å². The van der Waals surface area contributed by atoms with Crippen LogP contribution in [-0.2, 0) is 9.53 Å². The number of ether oxygens (including phenoxy) is 2. The number of hydrogen-bond donors (Lipinski definition) is 1. The first-order valence-electron chi connectivity index (χ1n) is 7.86. The van der Waals surface area contributed by atoms with E-state index in [1.165, 1.54) is 37.4 Å². The Labute approximate surface area is 161 Å². The molecule has 0 aliphatic carbocycles. The minimum atomic E-state index is -0.715. The molecule has 0 spiro atoms. The molecule has 0 aliphatic rings. The molecule has 0 unspecified atom stereocenters. The summed E-state index contributed by atoms with van der Waals surface area (Å²) in [5, 5.41) is 13.8. The first kappa shape index (κ1) is 19.2. The van der Waals surface area contributed by atoms with Crippen molar-refractivity contribution in [2.24, 2.45) is 0 Å². The van der Waals surface area contributed by atoms with E-state index in [1.54, 1.807) is 6.07 Å². The minimum Gasteiger partial charge on any atom is -0.494 e. The molecule has 10 heteroatoms. The number of nitrogens with zero attached hydrogens (tertiary/aromatic N) is 1. The highest BCUT2D eigenvalue weighted by Crippen LogP contribution is 2.29. The summed E-state index contributed by atoms with van der Waals surface area (Å²) in [5.41, 5.74) is 0.00830. The lowest BCUT2D eigenvalue weighted by Crippen LogP contribution is -2.21. The second-order valence-corrected chi connectivity index (χ2v) is 6.64. The normalized spacial score (nSPS) is 10.5. The highest BCUT2D eigenvalue weighted by molar-refractivity contribution is 7.20. The Morgan fingerprint density at radius 3 is 2.71 bits per heavy atom. The van der Waals surface area contributed by atoms with Crippen LogP contribution in [0.1, 0.15) is 9.67 Å². The topological polar surface area (TPSA) is 108 Å². The summed E-state index contributed by atoms with van der Waals surface area (Å²) < 4.78 is 23.9. The summed E-state index contributed by atoms with van der Waals surface area (Å²) in [6, 6.07) is 9.33. The lowest BCUT2D eigenvalue weighted by atomic mass is 10.2. The molecule has 1 amide bonds. The van der Waals surface area contributed by atoms with E-state index in [9.17, 15) is 24.1 Å². The van der Waals surface area contributed by atoms with Gasteiger partial charge in [-0.1, -0.05) is 0 Å². The molecule has 0 radical (unpaired) electrons. The van der Waals surface area contributed by atoms with Crippen molar-refractivity contribution in [1.82, 2.24) is 0 Å². The summed E-state index contributed by atoms with van der Waals surface area (Å²) in [5.74, 6) is -1.68. The number of carbonyl (C=O) groups is 2. The lowest BCUT2D eigenvalue weighted by Gasteiger charge is -2.10. The summed E-state index contributed by atoms with van der Waals surface area (Å²) in [4.78, 5) is 34.6. The molecule has 2 aromatic carbocycles. The van der Waals surface area contributed by atoms with Gasteiger partial charge in [0.15, 0.2) is 6.61 Å². The molecular formula is C18H13FN2O6S. The summed E-state index contributed by atoms with van der Waals surface area (Å²) in [6.45, 7) is -0.568. The SMILES string of the molecule is COc1cc([N+](=O)[O-])ccc1NC(=O)COC(=O)c1cc2cc(F)ccc2s1. The Bertz CT molecular complexity index is 1080. The van der Waals surface area contributed by atoms with Crippen LogP contribution in [0.3, 0.4) is 0 Å². The van der Waals surface area contributed by atoms with Gasteiger partial charge in [0.2, 0.25) is 0 Å². The van der Waals surface area contributed by atoms with E-state index < -0.39 is 29.2 Å². The molecule has 0 saturated carbocycles. The Kier molecular flexibility index (Phi) is 5.50. The van der Waals surface area contributed by atoms with E-state index in [2.05, 4.69) is 5.32 Å². The maximum atomic E-state index is 13.2. The number of hydrogen-bond acceptors (Lipinski definition) is 7. The smallest absolute Gasteiger partial charge is 0.348 e. The predicted molar refractivity (Wildman–Crippen MR) is 100 cm³/mol. The quantitative estimate of drug-likeness (QED) is 0.381.